The van der Waals surface area contributed by atoms with Crippen molar-refractivity contribution in [3.63, 3.8) is 0 Å². The first kappa shape index (κ1) is 18.6. The number of carbonyl (C=O) groups excluding carboxylic acids is 1. The van der Waals surface area contributed by atoms with E-state index >= 15 is 0 Å². The number of amides is 1. The second-order valence-electron chi connectivity index (χ2n) is 6.51. The van der Waals surface area contributed by atoms with E-state index in [1.807, 2.05) is 0 Å². The van der Waals surface area contributed by atoms with Crippen LogP contribution in [-0.4, -0.2) is 41.5 Å². The van der Waals surface area contributed by atoms with Crippen LogP contribution in [0.25, 0.3) is 0 Å². The Balaban J connectivity index is 1.71. The second-order valence-corrected chi connectivity index (χ2v) is 8.42. The van der Waals surface area contributed by atoms with E-state index in [1.165, 1.54) is 0 Å². The molecule has 0 atom stereocenters. The van der Waals surface area contributed by atoms with Gasteiger partial charge in [0.05, 0.1) is 4.90 Å². The van der Waals surface area contributed by atoms with Crippen LogP contribution in [0.15, 0.2) is 41.6 Å². The highest BCUT2D eigenvalue weighted by Gasteiger charge is 2.27. The van der Waals surface area contributed by atoms with Crippen molar-refractivity contribution in [1.82, 2.24) is 14.1 Å². The molecular weight excluding hydrogens is 352 g/mol. The predicted octanol–water partition coefficient (Wildman–Crippen LogP) is 2.39. The number of nitrogens with one attached hydrogen (secondary N) is 1. The normalized spacial score (nSPS) is 15.7. The topological polar surface area (TPSA) is 84.3 Å². The molecule has 1 amide bonds. The van der Waals surface area contributed by atoms with Gasteiger partial charge in [-0.2, -0.15) is 9.40 Å². The zero-order valence-electron chi connectivity index (χ0n) is 14.9. The number of carbonyl (C=O) groups is 1. The third-order valence-corrected chi connectivity index (χ3v) is 6.57. The van der Waals surface area contributed by atoms with Crippen molar-refractivity contribution < 1.29 is 13.2 Å². The van der Waals surface area contributed by atoms with Crippen LogP contribution >= 0.6 is 0 Å². The first-order valence-corrected chi connectivity index (χ1v) is 10.3. The zero-order chi connectivity index (χ0) is 18.6. The maximum absolute atomic E-state index is 12.9. The number of anilines is 1. The lowest BCUT2D eigenvalue weighted by Gasteiger charge is -2.26. The van der Waals surface area contributed by atoms with Crippen LogP contribution in [-0.2, 0) is 21.4 Å². The number of rotatable bonds is 6. The molecule has 26 heavy (non-hydrogen) atoms. The summed E-state index contributed by atoms with van der Waals surface area (Å²) in [5.74, 6) is -0.175. The van der Waals surface area contributed by atoms with Crippen molar-refractivity contribution in [2.24, 2.45) is 0 Å². The Bertz CT molecular complexity index is 857. The van der Waals surface area contributed by atoms with Crippen molar-refractivity contribution in [2.45, 2.75) is 44.0 Å². The van der Waals surface area contributed by atoms with Crippen LogP contribution in [0.4, 0.5) is 5.69 Å². The molecule has 0 aliphatic carbocycles. The average Bonchev–Trinajstić information content (AvgIpc) is 3.16. The highest BCUT2D eigenvalue weighted by atomic mass is 32.2. The summed E-state index contributed by atoms with van der Waals surface area (Å²) < 4.78 is 29.1. The van der Waals surface area contributed by atoms with Crippen molar-refractivity contribution in [2.75, 3.05) is 18.4 Å². The molecule has 2 heterocycles. The molecule has 8 heteroatoms. The molecule has 1 fully saturated rings. The summed E-state index contributed by atoms with van der Waals surface area (Å²) in [6.45, 7) is 3.37. The molecule has 1 N–H and O–H groups in total. The van der Waals surface area contributed by atoms with E-state index in [9.17, 15) is 13.2 Å². The number of nitrogens with zero attached hydrogens (tertiary/aromatic N) is 3. The SMILES string of the molecule is Cc1ccc(NC(=O)CCn2cccn2)cc1S(=O)(=O)N1CCCCC1. The minimum Gasteiger partial charge on any atom is -0.326 e. The number of piperidine rings is 1. The van der Waals surface area contributed by atoms with Crippen LogP contribution in [0.3, 0.4) is 0 Å². The van der Waals surface area contributed by atoms with E-state index in [1.54, 1.807) is 52.6 Å². The molecule has 1 aromatic carbocycles. The summed E-state index contributed by atoms with van der Waals surface area (Å²) in [6, 6.07) is 6.83. The van der Waals surface area contributed by atoms with Gasteiger partial charge in [0.15, 0.2) is 0 Å². The minimum absolute atomic E-state index is 0.175. The van der Waals surface area contributed by atoms with Gasteiger partial charge in [-0.05, 0) is 43.5 Å². The van der Waals surface area contributed by atoms with Gasteiger partial charge in [0.1, 0.15) is 0 Å². The number of aryl methyl sites for hydroxylation is 2. The molecule has 3 rings (SSSR count). The summed E-state index contributed by atoms with van der Waals surface area (Å²) >= 11 is 0. The fourth-order valence-corrected chi connectivity index (χ4v) is 4.84. The molecule has 1 aliphatic rings. The van der Waals surface area contributed by atoms with Crippen LogP contribution < -0.4 is 5.32 Å². The van der Waals surface area contributed by atoms with Gasteiger partial charge in [0, 0.05) is 44.1 Å². The van der Waals surface area contributed by atoms with Crippen LogP contribution in [0.5, 0.6) is 0 Å². The van der Waals surface area contributed by atoms with E-state index in [0.29, 0.717) is 30.9 Å². The van der Waals surface area contributed by atoms with E-state index in [4.69, 9.17) is 0 Å². The molecular formula is C18H24N4O3S. The first-order valence-electron chi connectivity index (χ1n) is 8.85. The monoisotopic (exact) mass is 376 g/mol. The van der Waals surface area contributed by atoms with Crippen LogP contribution in [0.1, 0.15) is 31.2 Å². The molecule has 0 radical (unpaired) electrons. The quantitative estimate of drug-likeness (QED) is 0.839. The van der Waals surface area contributed by atoms with Gasteiger partial charge in [-0.1, -0.05) is 12.5 Å². The van der Waals surface area contributed by atoms with Crippen molar-refractivity contribution in [1.29, 1.82) is 0 Å². The fraction of sp³-hybridized carbons (Fsp3) is 0.444. The van der Waals surface area contributed by atoms with Crippen molar-refractivity contribution in [3.8, 4) is 0 Å². The van der Waals surface area contributed by atoms with Gasteiger partial charge in [-0.3, -0.25) is 9.48 Å². The number of hydrogen-bond donors (Lipinski definition) is 1. The molecule has 1 aliphatic heterocycles. The third-order valence-electron chi connectivity index (χ3n) is 4.53. The maximum atomic E-state index is 12.9. The Labute approximate surface area is 154 Å². The minimum atomic E-state index is -3.53. The highest BCUT2D eigenvalue weighted by molar-refractivity contribution is 7.89. The van der Waals surface area contributed by atoms with E-state index in [0.717, 1.165) is 19.3 Å². The molecule has 140 valence electrons. The molecule has 0 bridgehead atoms. The lowest BCUT2D eigenvalue weighted by atomic mass is 10.2. The van der Waals surface area contributed by atoms with Gasteiger partial charge < -0.3 is 5.32 Å². The standard InChI is InChI=1S/C18H24N4O3S/c1-15-6-7-16(20-18(23)8-13-21-10-5-9-19-21)14-17(15)26(24,25)22-11-3-2-4-12-22/h5-7,9-10,14H,2-4,8,11-13H2,1H3,(H,20,23). The third kappa shape index (κ3) is 4.31. The molecule has 1 aromatic heterocycles. The van der Waals surface area contributed by atoms with Crippen molar-refractivity contribution >= 4 is 21.6 Å². The molecule has 0 spiro atoms. The predicted molar refractivity (Wildman–Crippen MR) is 99.3 cm³/mol. The largest absolute Gasteiger partial charge is 0.326 e. The molecule has 1 saturated heterocycles. The highest BCUT2D eigenvalue weighted by Crippen LogP contribution is 2.26. The van der Waals surface area contributed by atoms with Gasteiger partial charge in [-0.15, -0.1) is 0 Å². The molecule has 2 aromatic rings. The Hall–Kier alpha value is -2.19. The second kappa shape index (κ2) is 8.01. The van der Waals surface area contributed by atoms with Crippen molar-refractivity contribution in [3.05, 3.63) is 42.2 Å². The Morgan fingerprint density at radius 3 is 2.69 bits per heavy atom. The van der Waals surface area contributed by atoms with Gasteiger partial charge in [0.25, 0.3) is 0 Å². The Morgan fingerprint density at radius 2 is 2.00 bits per heavy atom. The first-order chi connectivity index (χ1) is 12.5. The fourth-order valence-electron chi connectivity index (χ4n) is 3.07. The smallest absolute Gasteiger partial charge is 0.243 e. The maximum Gasteiger partial charge on any atom is 0.243 e. The number of aromatic nitrogens is 2. The summed E-state index contributed by atoms with van der Waals surface area (Å²) in [6.07, 6.45) is 6.57. The summed E-state index contributed by atoms with van der Waals surface area (Å²) in [4.78, 5) is 12.4. The van der Waals surface area contributed by atoms with E-state index < -0.39 is 10.0 Å². The summed E-state index contributed by atoms with van der Waals surface area (Å²) in [5.41, 5.74) is 1.18. The Morgan fingerprint density at radius 1 is 1.23 bits per heavy atom. The van der Waals surface area contributed by atoms with E-state index in [2.05, 4.69) is 10.4 Å². The summed E-state index contributed by atoms with van der Waals surface area (Å²) in [7, 11) is -3.53. The molecule has 7 nitrogen and oxygen atoms in total. The molecule has 0 unspecified atom stereocenters. The van der Waals surface area contributed by atoms with E-state index in [-0.39, 0.29) is 17.2 Å². The lowest BCUT2D eigenvalue weighted by molar-refractivity contribution is -0.116. The zero-order valence-corrected chi connectivity index (χ0v) is 15.7. The number of benzene rings is 1. The Kier molecular flexibility index (Phi) is 5.73. The van der Waals surface area contributed by atoms with Gasteiger partial charge >= 0.3 is 0 Å². The number of sulfonamides is 1. The summed E-state index contributed by atoms with van der Waals surface area (Å²) in [5, 5.41) is 6.84. The van der Waals surface area contributed by atoms with Gasteiger partial charge in [0.2, 0.25) is 15.9 Å². The van der Waals surface area contributed by atoms with Crippen LogP contribution in [0, 0.1) is 6.92 Å². The average molecular weight is 376 g/mol. The van der Waals surface area contributed by atoms with Crippen LogP contribution in [0.2, 0.25) is 0 Å². The number of hydrogen-bond acceptors (Lipinski definition) is 4. The van der Waals surface area contributed by atoms with Gasteiger partial charge in [-0.25, -0.2) is 8.42 Å². The lowest BCUT2D eigenvalue weighted by Crippen LogP contribution is -2.36. The molecule has 0 saturated carbocycles.